The summed E-state index contributed by atoms with van der Waals surface area (Å²) in [6.07, 6.45) is 3.59. The highest BCUT2D eigenvalue weighted by atomic mass is 16.5. The molecule has 110 valence electrons. The van der Waals surface area contributed by atoms with Crippen LogP contribution >= 0.6 is 0 Å². The zero-order valence-corrected chi connectivity index (χ0v) is 11.8. The van der Waals surface area contributed by atoms with E-state index in [0.29, 0.717) is 13.2 Å². The number of aromatic nitrogens is 1. The summed E-state index contributed by atoms with van der Waals surface area (Å²) in [6, 6.07) is 3.33. The lowest BCUT2D eigenvalue weighted by Crippen LogP contribution is -2.56. The van der Waals surface area contributed by atoms with Crippen molar-refractivity contribution in [3.8, 4) is 0 Å². The van der Waals surface area contributed by atoms with E-state index in [0.717, 1.165) is 0 Å². The average Bonchev–Trinajstić information content (AvgIpc) is 2.92. The molecule has 1 saturated heterocycles. The smallest absolute Gasteiger partial charge is 0.305 e. The summed E-state index contributed by atoms with van der Waals surface area (Å²) in [4.78, 5) is 25.3. The molecule has 0 radical (unpaired) electrons. The van der Waals surface area contributed by atoms with Crippen molar-refractivity contribution >= 4 is 11.9 Å². The Kier molecular flexibility index (Phi) is 4.13. The molecule has 6 nitrogen and oxygen atoms in total. The zero-order chi connectivity index (χ0) is 14.8. The number of carbonyl (C=O) groups excluding carboxylic acids is 1. The number of nitrogens with zero attached hydrogens (tertiary/aromatic N) is 2. The minimum atomic E-state index is -0.919. The summed E-state index contributed by atoms with van der Waals surface area (Å²) in [5, 5.41) is 8.95. The zero-order valence-electron chi connectivity index (χ0n) is 11.8. The first kappa shape index (κ1) is 14.6. The van der Waals surface area contributed by atoms with E-state index in [2.05, 4.69) is 0 Å². The predicted molar refractivity (Wildman–Crippen MR) is 72.3 cm³/mol. The Morgan fingerprint density at radius 3 is 2.60 bits per heavy atom. The second-order valence-electron chi connectivity index (χ2n) is 5.47. The number of carbonyl (C=O) groups is 2. The first-order valence-electron chi connectivity index (χ1n) is 6.67. The van der Waals surface area contributed by atoms with E-state index in [-0.39, 0.29) is 18.9 Å². The maximum absolute atomic E-state index is 12.8. The summed E-state index contributed by atoms with van der Waals surface area (Å²) in [6.45, 7) is 4.83. The maximum Gasteiger partial charge on any atom is 0.305 e. The Bertz CT molecular complexity index is 481. The molecule has 0 aromatic carbocycles. The minimum Gasteiger partial charge on any atom is -0.481 e. The number of hydrogen-bond acceptors (Lipinski definition) is 3. The van der Waals surface area contributed by atoms with Gasteiger partial charge in [0, 0.05) is 18.9 Å². The molecule has 1 aromatic heterocycles. The summed E-state index contributed by atoms with van der Waals surface area (Å²) < 4.78 is 7.14. The van der Waals surface area contributed by atoms with E-state index < -0.39 is 17.6 Å². The molecule has 1 aliphatic heterocycles. The van der Waals surface area contributed by atoms with Crippen LogP contribution in [-0.4, -0.2) is 52.3 Å². The van der Waals surface area contributed by atoms with Gasteiger partial charge < -0.3 is 19.3 Å². The standard InChI is InChI=1S/C14H20N2O4/c1-14(2,15-5-3-4-6-15)13(19)16-7-8-20-10-11(16)9-12(17)18/h3-6,11H,7-10H2,1-2H3,(H,17,18). The first-order chi connectivity index (χ1) is 9.43. The molecule has 0 bridgehead atoms. The SMILES string of the molecule is CC(C)(C(=O)N1CCOCC1CC(=O)O)n1cccc1. The fourth-order valence-electron chi connectivity index (χ4n) is 2.46. The van der Waals surface area contributed by atoms with Crippen molar-refractivity contribution in [3.05, 3.63) is 24.5 Å². The number of amides is 1. The number of morpholine rings is 1. The molecular formula is C14H20N2O4. The Morgan fingerprint density at radius 1 is 1.35 bits per heavy atom. The van der Waals surface area contributed by atoms with Crippen molar-refractivity contribution in [2.45, 2.75) is 31.8 Å². The maximum atomic E-state index is 12.8. The van der Waals surface area contributed by atoms with Gasteiger partial charge in [0.25, 0.3) is 0 Å². The van der Waals surface area contributed by atoms with Gasteiger partial charge >= 0.3 is 5.97 Å². The lowest BCUT2D eigenvalue weighted by molar-refractivity contribution is -0.151. The van der Waals surface area contributed by atoms with Gasteiger partial charge in [-0.1, -0.05) is 0 Å². The van der Waals surface area contributed by atoms with Gasteiger partial charge in [0.05, 0.1) is 25.7 Å². The second-order valence-corrected chi connectivity index (χ2v) is 5.47. The molecule has 1 aliphatic rings. The van der Waals surface area contributed by atoms with E-state index in [4.69, 9.17) is 9.84 Å². The van der Waals surface area contributed by atoms with Gasteiger partial charge in [0.2, 0.25) is 5.91 Å². The highest BCUT2D eigenvalue weighted by molar-refractivity contribution is 5.84. The topological polar surface area (TPSA) is 71.8 Å². The second kappa shape index (κ2) is 5.66. The summed E-state index contributed by atoms with van der Waals surface area (Å²) >= 11 is 0. The third kappa shape index (κ3) is 2.85. The third-order valence-electron chi connectivity index (χ3n) is 3.67. The molecule has 1 unspecified atom stereocenters. The Balaban J connectivity index is 2.19. The quantitative estimate of drug-likeness (QED) is 0.890. The van der Waals surface area contributed by atoms with Gasteiger partial charge in [-0.2, -0.15) is 0 Å². The molecule has 2 heterocycles. The van der Waals surface area contributed by atoms with Crippen LogP contribution in [0.2, 0.25) is 0 Å². The summed E-state index contributed by atoms with van der Waals surface area (Å²) in [5.74, 6) is -1.000. The van der Waals surface area contributed by atoms with E-state index in [1.807, 2.05) is 42.9 Å². The fraction of sp³-hybridized carbons (Fsp3) is 0.571. The highest BCUT2D eigenvalue weighted by Crippen LogP contribution is 2.22. The van der Waals surface area contributed by atoms with Crippen molar-refractivity contribution in [2.75, 3.05) is 19.8 Å². The average molecular weight is 280 g/mol. The van der Waals surface area contributed by atoms with Crippen molar-refractivity contribution in [2.24, 2.45) is 0 Å². The van der Waals surface area contributed by atoms with Crippen LogP contribution in [0.5, 0.6) is 0 Å². The summed E-state index contributed by atoms with van der Waals surface area (Å²) in [7, 11) is 0. The largest absolute Gasteiger partial charge is 0.481 e. The summed E-state index contributed by atoms with van der Waals surface area (Å²) in [5.41, 5.74) is -0.738. The molecule has 20 heavy (non-hydrogen) atoms. The Labute approximate surface area is 117 Å². The van der Waals surface area contributed by atoms with Crippen molar-refractivity contribution < 1.29 is 19.4 Å². The molecule has 2 rings (SSSR count). The molecule has 0 saturated carbocycles. The van der Waals surface area contributed by atoms with Crippen LogP contribution < -0.4 is 0 Å². The molecule has 1 amide bonds. The van der Waals surface area contributed by atoms with Gasteiger partial charge in [-0.15, -0.1) is 0 Å². The van der Waals surface area contributed by atoms with Crippen molar-refractivity contribution in [1.82, 2.24) is 9.47 Å². The number of hydrogen-bond donors (Lipinski definition) is 1. The lowest BCUT2D eigenvalue weighted by atomic mass is 10.0. The van der Waals surface area contributed by atoms with Crippen molar-refractivity contribution in [1.29, 1.82) is 0 Å². The van der Waals surface area contributed by atoms with Crippen LogP contribution in [0.4, 0.5) is 0 Å². The van der Waals surface area contributed by atoms with Gasteiger partial charge in [-0.25, -0.2) is 0 Å². The predicted octanol–water partition coefficient (Wildman–Crippen LogP) is 0.925. The number of aliphatic carboxylic acids is 1. The van der Waals surface area contributed by atoms with Crippen LogP contribution in [0.15, 0.2) is 24.5 Å². The molecule has 0 spiro atoms. The van der Waals surface area contributed by atoms with E-state index in [1.54, 1.807) is 4.90 Å². The Morgan fingerprint density at radius 2 is 2.00 bits per heavy atom. The molecule has 0 aliphatic carbocycles. The van der Waals surface area contributed by atoms with Gasteiger partial charge in [0.1, 0.15) is 5.54 Å². The van der Waals surface area contributed by atoms with Crippen LogP contribution in [-0.2, 0) is 19.9 Å². The molecular weight excluding hydrogens is 260 g/mol. The molecule has 6 heteroatoms. The number of ether oxygens (including phenoxy) is 1. The minimum absolute atomic E-state index is 0.0803. The van der Waals surface area contributed by atoms with E-state index >= 15 is 0 Å². The van der Waals surface area contributed by atoms with Crippen LogP contribution in [0.3, 0.4) is 0 Å². The van der Waals surface area contributed by atoms with Gasteiger partial charge in [0.15, 0.2) is 0 Å². The Hall–Kier alpha value is -1.82. The number of rotatable bonds is 4. The molecule has 1 N–H and O–H groups in total. The monoisotopic (exact) mass is 280 g/mol. The lowest BCUT2D eigenvalue weighted by Gasteiger charge is -2.40. The number of carboxylic acid groups (broad SMARTS) is 1. The van der Waals surface area contributed by atoms with Crippen molar-refractivity contribution in [3.63, 3.8) is 0 Å². The highest BCUT2D eigenvalue weighted by Gasteiger charge is 2.38. The van der Waals surface area contributed by atoms with Crippen LogP contribution in [0, 0.1) is 0 Å². The fourth-order valence-corrected chi connectivity index (χ4v) is 2.46. The molecule has 1 atom stereocenters. The third-order valence-corrected chi connectivity index (χ3v) is 3.67. The molecule has 1 fully saturated rings. The normalized spacial score (nSPS) is 19.9. The van der Waals surface area contributed by atoms with Crippen LogP contribution in [0.25, 0.3) is 0 Å². The molecule has 1 aromatic rings. The van der Waals surface area contributed by atoms with E-state index in [9.17, 15) is 9.59 Å². The van der Waals surface area contributed by atoms with Gasteiger partial charge in [-0.05, 0) is 26.0 Å². The number of carboxylic acids is 1. The van der Waals surface area contributed by atoms with Gasteiger partial charge in [-0.3, -0.25) is 9.59 Å². The van der Waals surface area contributed by atoms with Crippen LogP contribution in [0.1, 0.15) is 20.3 Å². The first-order valence-corrected chi connectivity index (χ1v) is 6.67. The van der Waals surface area contributed by atoms with E-state index in [1.165, 1.54) is 0 Å².